The van der Waals surface area contributed by atoms with Gasteiger partial charge in [-0.15, -0.1) is 0 Å². The molecule has 0 aromatic heterocycles. The molecule has 2 N–H and O–H groups in total. The second-order valence-electron chi connectivity index (χ2n) is 5.28. The third kappa shape index (κ3) is 2.57. The van der Waals surface area contributed by atoms with Gasteiger partial charge in [-0.2, -0.15) is 0 Å². The van der Waals surface area contributed by atoms with Crippen molar-refractivity contribution < 1.29 is 4.79 Å². The molecule has 0 aliphatic carbocycles. The number of carbonyl (C=O) groups is 1. The quantitative estimate of drug-likeness (QED) is 0.889. The number of fused-ring (bicyclic) bond motifs is 1. The maximum Gasteiger partial charge on any atom is 0.260 e. The first-order valence-corrected chi connectivity index (χ1v) is 7.12. The van der Waals surface area contributed by atoms with Gasteiger partial charge >= 0.3 is 0 Å². The number of benzene rings is 2. The zero-order chi connectivity index (χ0) is 14.8. The van der Waals surface area contributed by atoms with E-state index in [0.29, 0.717) is 5.56 Å². The van der Waals surface area contributed by atoms with Crippen LogP contribution < -0.4 is 15.5 Å². The first kappa shape index (κ1) is 13.5. The zero-order valence-corrected chi connectivity index (χ0v) is 12.3. The molecule has 0 saturated carbocycles. The largest absolute Gasteiger partial charge is 0.382 e. The fourth-order valence-corrected chi connectivity index (χ4v) is 2.59. The fraction of sp³-hybridized carbons (Fsp3) is 0.235. The van der Waals surface area contributed by atoms with Crippen molar-refractivity contribution in [3.05, 3.63) is 53.6 Å². The SMILES string of the molecule is Cc1cccc(N(C)C(=O)c2cccc3c2NCCN3)c1. The lowest BCUT2D eigenvalue weighted by Gasteiger charge is -2.25. The zero-order valence-electron chi connectivity index (χ0n) is 12.3. The van der Waals surface area contributed by atoms with E-state index in [1.54, 1.807) is 4.90 Å². The molecular weight excluding hydrogens is 262 g/mol. The van der Waals surface area contributed by atoms with Crippen molar-refractivity contribution in [3.63, 3.8) is 0 Å². The van der Waals surface area contributed by atoms with Crippen LogP contribution in [-0.2, 0) is 0 Å². The van der Waals surface area contributed by atoms with Crippen LogP contribution in [0.1, 0.15) is 15.9 Å². The molecule has 1 aliphatic heterocycles. The fourth-order valence-electron chi connectivity index (χ4n) is 2.59. The van der Waals surface area contributed by atoms with Crippen LogP contribution in [0.4, 0.5) is 17.1 Å². The topological polar surface area (TPSA) is 44.4 Å². The van der Waals surface area contributed by atoms with E-state index in [1.165, 1.54) is 0 Å². The number of amides is 1. The molecular formula is C17H19N3O. The van der Waals surface area contributed by atoms with Gasteiger partial charge in [0.1, 0.15) is 0 Å². The van der Waals surface area contributed by atoms with Crippen molar-refractivity contribution in [3.8, 4) is 0 Å². The van der Waals surface area contributed by atoms with E-state index >= 15 is 0 Å². The summed E-state index contributed by atoms with van der Waals surface area (Å²) in [6.07, 6.45) is 0. The van der Waals surface area contributed by atoms with E-state index in [0.717, 1.165) is 35.7 Å². The number of aryl methyl sites for hydroxylation is 1. The molecule has 0 fully saturated rings. The van der Waals surface area contributed by atoms with Gasteiger partial charge in [-0.3, -0.25) is 4.79 Å². The summed E-state index contributed by atoms with van der Waals surface area (Å²) in [5, 5.41) is 6.63. The summed E-state index contributed by atoms with van der Waals surface area (Å²) in [6.45, 7) is 3.72. The van der Waals surface area contributed by atoms with E-state index in [1.807, 2.05) is 56.4 Å². The molecule has 1 aliphatic rings. The molecule has 0 unspecified atom stereocenters. The van der Waals surface area contributed by atoms with Gasteiger partial charge in [0.05, 0.1) is 16.9 Å². The lowest BCUT2D eigenvalue weighted by atomic mass is 10.1. The van der Waals surface area contributed by atoms with Crippen molar-refractivity contribution in [2.75, 3.05) is 35.7 Å². The number of nitrogens with zero attached hydrogens (tertiary/aromatic N) is 1. The Balaban J connectivity index is 1.95. The maximum absolute atomic E-state index is 12.8. The van der Waals surface area contributed by atoms with Crippen molar-refractivity contribution >= 4 is 23.0 Å². The third-order valence-electron chi connectivity index (χ3n) is 3.73. The molecule has 0 radical (unpaired) electrons. The predicted molar refractivity (Wildman–Crippen MR) is 87.3 cm³/mol. The highest BCUT2D eigenvalue weighted by atomic mass is 16.2. The number of hydrogen-bond donors (Lipinski definition) is 2. The Morgan fingerprint density at radius 2 is 1.86 bits per heavy atom. The first-order valence-electron chi connectivity index (χ1n) is 7.12. The summed E-state index contributed by atoms with van der Waals surface area (Å²) < 4.78 is 0. The number of rotatable bonds is 2. The minimum Gasteiger partial charge on any atom is -0.382 e. The second kappa shape index (κ2) is 5.48. The minimum absolute atomic E-state index is 0.00588. The molecule has 0 bridgehead atoms. The first-order chi connectivity index (χ1) is 10.2. The highest BCUT2D eigenvalue weighted by molar-refractivity contribution is 6.11. The van der Waals surface area contributed by atoms with Gasteiger partial charge in [0.15, 0.2) is 0 Å². The van der Waals surface area contributed by atoms with Gasteiger partial charge in [0, 0.05) is 25.8 Å². The Labute approximate surface area is 124 Å². The van der Waals surface area contributed by atoms with Crippen molar-refractivity contribution in [2.45, 2.75) is 6.92 Å². The summed E-state index contributed by atoms with van der Waals surface area (Å²) in [5.41, 5.74) is 4.63. The molecule has 1 heterocycles. The monoisotopic (exact) mass is 281 g/mol. The molecule has 108 valence electrons. The summed E-state index contributed by atoms with van der Waals surface area (Å²) in [4.78, 5) is 14.5. The van der Waals surface area contributed by atoms with Crippen LogP contribution >= 0.6 is 0 Å². The van der Waals surface area contributed by atoms with E-state index < -0.39 is 0 Å². The van der Waals surface area contributed by atoms with Gasteiger partial charge in [0.25, 0.3) is 5.91 Å². The number of para-hydroxylation sites is 1. The Kier molecular flexibility index (Phi) is 3.52. The molecule has 1 amide bonds. The van der Waals surface area contributed by atoms with Gasteiger partial charge in [-0.25, -0.2) is 0 Å². The van der Waals surface area contributed by atoms with Gasteiger partial charge < -0.3 is 15.5 Å². The summed E-state index contributed by atoms with van der Waals surface area (Å²) in [5.74, 6) is -0.00588. The van der Waals surface area contributed by atoms with Crippen LogP contribution in [0.25, 0.3) is 0 Å². The summed E-state index contributed by atoms with van der Waals surface area (Å²) in [7, 11) is 1.81. The van der Waals surface area contributed by atoms with E-state index in [2.05, 4.69) is 10.6 Å². The van der Waals surface area contributed by atoms with E-state index in [-0.39, 0.29) is 5.91 Å². The van der Waals surface area contributed by atoms with Crippen molar-refractivity contribution in [2.24, 2.45) is 0 Å². The smallest absolute Gasteiger partial charge is 0.260 e. The highest BCUT2D eigenvalue weighted by Crippen LogP contribution is 2.30. The van der Waals surface area contributed by atoms with Gasteiger partial charge in [-0.05, 0) is 36.8 Å². The predicted octanol–water partition coefficient (Wildman–Crippen LogP) is 3.11. The number of carbonyl (C=O) groups excluding carboxylic acids is 1. The average molecular weight is 281 g/mol. The van der Waals surface area contributed by atoms with Crippen LogP contribution in [0.2, 0.25) is 0 Å². The van der Waals surface area contributed by atoms with Crippen LogP contribution in [0.3, 0.4) is 0 Å². The molecule has 0 atom stereocenters. The number of nitrogens with one attached hydrogen (secondary N) is 2. The molecule has 2 aromatic rings. The molecule has 2 aromatic carbocycles. The molecule has 0 spiro atoms. The van der Waals surface area contributed by atoms with Crippen LogP contribution in [-0.4, -0.2) is 26.0 Å². The summed E-state index contributed by atoms with van der Waals surface area (Å²) >= 11 is 0. The van der Waals surface area contributed by atoms with Crippen LogP contribution in [0, 0.1) is 6.92 Å². The number of anilines is 3. The molecule has 4 nitrogen and oxygen atoms in total. The normalized spacial score (nSPS) is 12.9. The van der Waals surface area contributed by atoms with E-state index in [4.69, 9.17) is 0 Å². The molecule has 0 saturated heterocycles. The third-order valence-corrected chi connectivity index (χ3v) is 3.73. The second-order valence-corrected chi connectivity index (χ2v) is 5.28. The Hall–Kier alpha value is -2.49. The van der Waals surface area contributed by atoms with E-state index in [9.17, 15) is 4.79 Å². The Morgan fingerprint density at radius 1 is 1.10 bits per heavy atom. The number of hydrogen-bond acceptors (Lipinski definition) is 3. The van der Waals surface area contributed by atoms with Crippen LogP contribution in [0.15, 0.2) is 42.5 Å². The lowest BCUT2D eigenvalue weighted by molar-refractivity contribution is 0.0994. The Bertz CT molecular complexity index is 681. The van der Waals surface area contributed by atoms with Gasteiger partial charge in [0.2, 0.25) is 0 Å². The molecule has 3 rings (SSSR count). The van der Waals surface area contributed by atoms with Crippen molar-refractivity contribution in [1.82, 2.24) is 0 Å². The highest BCUT2D eigenvalue weighted by Gasteiger charge is 2.20. The average Bonchev–Trinajstić information content (AvgIpc) is 2.53. The van der Waals surface area contributed by atoms with Gasteiger partial charge in [-0.1, -0.05) is 18.2 Å². The lowest BCUT2D eigenvalue weighted by Crippen LogP contribution is -2.29. The van der Waals surface area contributed by atoms with Crippen LogP contribution in [0.5, 0.6) is 0 Å². The Morgan fingerprint density at radius 3 is 2.67 bits per heavy atom. The maximum atomic E-state index is 12.8. The minimum atomic E-state index is -0.00588. The molecule has 4 heteroatoms. The summed E-state index contributed by atoms with van der Waals surface area (Å²) in [6, 6.07) is 13.7. The standard InChI is InChI=1S/C17H19N3O/c1-12-5-3-6-13(11-12)20(2)17(21)14-7-4-8-15-16(14)19-10-9-18-15/h3-8,11,18-19H,9-10H2,1-2H3. The van der Waals surface area contributed by atoms with Crippen molar-refractivity contribution in [1.29, 1.82) is 0 Å². The molecule has 21 heavy (non-hydrogen) atoms.